The van der Waals surface area contributed by atoms with Crippen molar-refractivity contribution in [3.05, 3.63) is 64.6 Å². The van der Waals surface area contributed by atoms with Crippen molar-refractivity contribution in [1.29, 1.82) is 0 Å². The first kappa shape index (κ1) is 19.6. The zero-order valence-electron chi connectivity index (χ0n) is 16.2. The second-order valence-electron chi connectivity index (χ2n) is 6.89. The van der Waals surface area contributed by atoms with Crippen molar-refractivity contribution >= 4 is 34.0 Å². The fraction of sp³-hybridized carbons (Fsp3) is 0.238. The Balaban J connectivity index is 1.61. The van der Waals surface area contributed by atoms with Crippen molar-refractivity contribution in [1.82, 2.24) is 9.78 Å². The van der Waals surface area contributed by atoms with Gasteiger partial charge in [-0.25, -0.2) is 4.68 Å². The molecule has 3 aromatic rings. The van der Waals surface area contributed by atoms with E-state index in [9.17, 15) is 14.4 Å². The third kappa shape index (κ3) is 3.87. The lowest BCUT2D eigenvalue weighted by Gasteiger charge is -2.30. The van der Waals surface area contributed by atoms with Gasteiger partial charge in [0, 0.05) is 18.5 Å². The van der Waals surface area contributed by atoms with Crippen LogP contribution in [-0.4, -0.2) is 47.9 Å². The molecule has 0 saturated carbocycles. The Hall–Kier alpha value is -3.72. The van der Waals surface area contributed by atoms with Crippen LogP contribution in [0.5, 0.6) is 0 Å². The minimum absolute atomic E-state index is 0.0493. The lowest BCUT2D eigenvalue weighted by Crippen LogP contribution is -2.37. The summed E-state index contributed by atoms with van der Waals surface area (Å²) in [5.74, 6) is -1.20. The number of carbonyl (C=O) groups excluding carboxylic acids is 2. The molecule has 0 atom stereocenters. The van der Waals surface area contributed by atoms with Crippen LogP contribution >= 0.6 is 0 Å². The summed E-state index contributed by atoms with van der Waals surface area (Å²) in [5, 5.41) is 7.52. The van der Waals surface area contributed by atoms with Crippen LogP contribution in [0, 0.1) is 0 Å². The van der Waals surface area contributed by atoms with Crippen molar-refractivity contribution in [2.75, 3.05) is 36.5 Å². The van der Waals surface area contributed by atoms with Crippen molar-refractivity contribution in [2.24, 2.45) is 5.73 Å². The number of nitrogens with two attached hydrogens (primary N) is 1. The number of para-hydroxylation sites is 2. The molecule has 0 bridgehead atoms. The molecular weight excluding hydrogens is 386 g/mol. The van der Waals surface area contributed by atoms with Gasteiger partial charge in [-0.3, -0.25) is 14.4 Å². The van der Waals surface area contributed by atoms with E-state index < -0.39 is 17.4 Å². The van der Waals surface area contributed by atoms with Crippen LogP contribution in [0.2, 0.25) is 0 Å². The number of rotatable bonds is 5. The molecule has 4 rings (SSSR count). The summed E-state index contributed by atoms with van der Waals surface area (Å²) in [7, 11) is 0. The highest BCUT2D eigenvalue weighted by molar-refractivity contribution is 6.04. The van der Waals surface area contributed by atoms with Gasteiger partial charge in [-0.2, -0.15) is 5.10 Å². The quantitative estimate of drug-likeness (QED) is 0.650. The SMILES string of the molecule is NC(=O)c1nn(CC(=O)Nc2ccccc2N2CCOCC2)c(=O)c2ccccc12. The normalized spacial score (nSPS) is 13.9. The Morgan fingerprint density at radius 2 is 1.70 bits per heavy atom. The van der Waals surface area contributed by atoms with Gasteiger partial charge in [-0.05, 0) is 18.2 Å². The molecule has 0 unspecified atom stereocenters. The fourth-order valence-corrected chi connectivity index (χ4v) is 3.51. The number of hydrogen-bond acceptors (Lipinski definition) is 6. The molecule has 1 saturated heterocycles. The van der Waals surface area contributed by atoms with Gasteiger partial charge in [0.2, 0.25) is 5.91 Å². The largest absolute Gasteiger partial charge is 0.378 e. The number of morpholine rings is 1. The summed E-state index contributed by atoms with van der Waals surface area (Å²) in [6.07, 6.45) is 0. The molecule has 1 fully saturated rings. The highest BCUT2D eigenvalue weighted by atomic mass is 16.5. The monoisotopic (exact) mass is 407 g/mol. The van der Waals surface area contributed by atoms with Crippen molar-refractivity contribution in [2.45, 2.75) is 6.54 Å². The number of benzene rings is 2. The first-order valence-electron chi connectivity index (χ1n) is 9.56. The van der Waals surface area contributed by atoms with Crippen LogP contribution in [0.15, 0.2) is 53.3 Å². The number of amides is 2. The zero-order chi connectivity index (χ0) is 21.1. The Labute approximate surface area is 172 Å². The summed E-state index contributed by atoms with van der Waals surface area (Å²) in [6, 6.07) is 14.0. The molecule has 2 aromatic carbocycles. The minimum Gasteiger partial charge on any atom is -0.378 e. The maximum Gasteiger partial charge on any atom is 0.275 e. The first-order chi connectivity index (χ1) is 14.5. The summed E-state index contributed by atoms with van der Waals surface area (Å²) in [4.78, 5) is 39.4. The molecule has 2 heterocycles. The van der Waals surface area contributed by atoms with Crippen LogP contribution < -0.4 is 21.5 Å². The lowest BCUT2D eigenvalue weighted by atomic mass is 10.1. The lowest BCUT2D eigenvalue weighted by molar-refractivity contribution is -0.117. The average molecular weight is 407 g/mol. The van der Waals surface area contributed by atoms with E-state index in [0.29, 0.717) is 24.3 Å². The Morgan fingerprint density at radius 1 is 1.03 bits per heavy atom. The van der Waals surface area contributed by atoms with E-state index in [1.165, 1.54) is 0 Å². The molecule has 1 aliphatic rings. The number of ether oxygens (including phenoxy) is 1. The summed E-state index contributed by atoms with van der Waals surface area (Å²) in [6.45, 7) is 2.34. The molecule has 0 spiro atoms. The number of primary amides is 1. The third-order valence-electron chi connectivity index (χ3n) is 4.92. The Morgan fingerprint density at radius 3 is 2.43 bits per heavy atom. The maximum absolute atomic E-state index is 12.8. The van der Waals surface area contributed by atoms with E-state index in [2.05, 4.69) is 15.3 Å². The van der Waals surface area contributed by atoms with Crippen molar-refractivity contribution < 1.29 is 14.3 Å². The summed E-state index contributed by atoms with van der Waals surface area (Å²) in [5.41, 5.74) is 6.42. The van der Waals surface area contributed by atoms with Gasteiger partial charge < -0.3 is 20.7 Å². The number of aromatic nitrogens is 2. The number of anilines is 2. The van der Waals surface area contributed by atoms with Crippen LogP contribution in [0.4, 0.5) is 11.4 Å². The molecular formula is C21H21N5O4. The van der Waals surface area contributed by atoms with Crippen molar-refractivity contribution in [3.63, 3.8) is 0 Å². The van der Waals surface area contributed by atoms with E-state index in [0.717, 1.165) is 23.5 Å². The van der Waals surface area contributed by atoms with Gasteiger partial charge >= 0.3 is 0 Å². The van der Waals surface area contributed by atoms with Crippen LogP contribution in [0.3, 0.4) is 0 Å². The minimum atomic E-state index is -0.766. The highest BCUT2D eigenvalue weighted by Crippen LogP contribution is 2.26. The van der Waals surface area contributed by atoms with E-state index in [1.807, 2.05) is 18.2 Å². The number of nitrogens with zero attached hydrogens (tertiary/aromatic N) is 3. The molecule has 1 aliphatic heterocycles. The topological polar surface area (TPSA) is 120 Å². The van der Waals surface area contributed by atoms with Crippen LogP contribution in [0.1, 0.15) is 10.5 Å². The average Bonchev–Trinajstić information content (AvgIpc) is 2.76. The van der Waals surface area contributed by atoms with Gasteiger partial charge in [-0.1, -0.05) is 30.3 Å². The second kappa shape index (κ2) is 8.34. The predicted molar refractivity (Wildman–Crippen MR) is 113 cm³/mol. The van der Waals surface area contributed by atoms with Gasteiger partial charge in [0.15, 0.2) is 5.69 Å². The Kier molecular flexibility index (Phi) is 5.44. The van der Waals surface area contributed by atoms with E-state index in [1.54, 1.807) is 30.3 Å². The zero-order valence-corrected chi connectivity index (χ0v) is 16.2. The second-order valence-corrected chi connectivity index (χ2v) is 6.89. The fourth-order valence-electron chi connectivity index (χ4n) is 3.51. The smallest absolute Gasteiger partial charge is 0.275 e. The van der Waals surface area contributed by atoms with Crippen LogP contribution in [-0.2, 0) is 16.1 Å². The predicted octanol–water partition coefficient (Wildman–Crippen LogP) is 0.971. The number of nitrogens with one attached hydrogen (secondary N) is 1. The molecule has 154 valence electrons. The third-order valence-corrected chi connectivity index (χ3v) is 4.92. The van der Waals surface area contributed by atoms with Gasteiger partial charge in [-0.15, -0.1) is 0 Å². The van der Waals surface area contributed by atoms with E-state index >= 15 is 0 Å². The molecule has 30 heavy (non-hydrogen) atoms. The number of hydrogen-bond donors (Lipinski definition) is 2. The van der Waals surface area contributed by atoms with Gasteiger partial charge in [0.1, 0.15) is 6.54 Å². The molecule has 9 nitrogen and oxygen atoms in total. The van der Waals surface area contributed by atoms with E-state index in [-0.39, 0.29) is 17.6 Å². The van der Waals surface area contributed by atoms with Gasteiger partial charge in [0.05, 0.1) is 30.0 Å². The molecule has 3 N–H and O–H groups in total. The van der Waals surface area contributed by atoms with E-state index in [4.69, 9.17) is 10.5 Å². The maximum atomic E-state index is 12.8. The molecule has 1 aromatic heterocycles. The molecule has 2 amide bonds. The van der Waals surface area contributed by atoms with Crippen LogP contribution in [0.25, 0.3) is 10.8 Å². The van der Waals surface area contributed by atoms with Crippen molar-refractivity contribution in [3.8, 4) is 0 Å². The molecule has 0 aliphatic carbocycles. The number of fused-ring (bicyclic) bond motifs is 1. The first-order valence-corrected chi connectivity index (χ1v) is 9.56. The molecule has 0 radical (unpaired) electrons. The standard InChI is InChI=1S/C21H21N5O4/c22-20(28)19-14-5-1-2-6-15(14)21(29)26(24-19)13-18(27)23-16-7-3-4-8-17(16)25-9-11-30-12-10-25/h1-8H,9-13H2,(H2,22,28)(H,23,27). The summed E-state index contributed by atoms with van der Waals surface area (Å²) < 4.78 is 6.35. The highest BCUT2D eigenvalue weighted by Gasteiger charge is 2.18. The molecule has 9 heteroatoms. The summed E-state index contributed by atoms with van der Waals surface area (Å²) >= 11 is 0. The van der Waals surface area contributed by atoms with Gasteiger partial charge in [0.25, 0.3) is 11.5 Å². The Bertz CT molecular complexity index is 1170. The number of carbonyl (C=O) groups is 2.